The monoisotopic (exact) mass is 381 g/mol. The zero-order chi connectivity index (χ0) is 18.9. The topological polar surface area (TPSA) is 119 Å². The molecule has 3 atom stereocenters. The summed E-state index contributed by atoms with van der Waals surface area (Å²) < 4.78 is 32.7. The Hall–Kier alpha value is -2.30. The third-order valence-electron chi connectivity index (χ3n) is 4.69. The predicted molar refractivity (Wildman–Crippen MR) is 91.6 cm³/mol. The van der Waals surface area contributed by atoms with Crippen LogP contribution in [0.2, 0.25) is 0 Å². The van der Waals surface area contributed by atoms with E-state index in [0.717, 1.165) is 6.08 Å². The molecule has 0 saturated carbocycles. The summed E-state index contributed by atoms with van der Waals surface area (Å²) in [7, 11) is -3.76. The van der Waals surface area contributed by atoms with Crippen molar-refractivity contribution in [2.24, 2.45) is 5.92 Å². The minimum absolute atomic E-state index is 0.0102. The summed E-state index contributed by atoms with van der Waals surface area (Å²) in [5.41, 5.74) is -0.164. The number of piperidine rings is 1. The van der Waals surface area contributed by atoms with Gasteiger partial charge >= 0.3 is 0 Å². The molecular weight excluding hydrogens is 362 g/mol. The molecule has 0 radical (unpaired) electrons. The molecule has 0 bridgehead atoms. The molecule has 1 aromatic rings. The Bertz CT molecular complexity index is 823. The van der Waals surface area contributed by atoms with E-state index in [0.29, 0.717) is 19.4 Å². The summed E-state index contributed by atoms with van der Waals surface area (Å²) in [6.45, 7) is 3.92. The number of nitro groups is 1. The van der Waals surface area contributed by atoms with Gasteiger partial charge in [0.2, 0.25) is 15.9 Å². The number of fused-ring (bicyclic) bond motifs is 1. The number of ether oxygens (including phenoxy) is 1. The van der Waals surface area contributed by atoms with Gasteiger partial charge in [-0.15, -0.1) is 0 Å². The predicted octanol–water partition coefficient (Wildman–Crippen LogP) is 1.02. The number of nitrogens with zero attached hydrogens (tertiary/aromatic N) is 2. The summed E-state index contributed by atoms with van der Waals surface area (Å²) in [5, 5.41) is 13.4. The lowest BCUT2D eigenvalue weighted by Gasteiger charge is -2.33. The molecule has 3 rings (SSSR count). The Balaban J connectivity index is 1.70. The second kappa shape index (κ2) is 7.14. The van der Waals surface area contributed by atoms with Crippen molar-refractivity contribution in [3.05, 3.63) is 47.0 Å². The fourth-order valence-electron chi connectivity index (χ4n) is 3.32. The Labute approximate surface area is 150 Å². The van der Waals surface area contributed by atoms with Crippen molar-refractivity contribution in [3.63, 3.8) is 0 Å². The summed E-state index contributed by atoms with van der Waals surface area (Å²) in [4.78, 5) is 21.5. The van der Waals surface area contributed by atoms with Gasteiger partial charge in [-0.05, 0) is 37.0 Å². The van der Waals surface area contributed by atoms with Crippen molar-refractivity contribution in [2.45, 2.75) is 30.1 Å². The molecule has 2 aliphatic heterocycles. The number of non-ortho nitro benzene ring substituents is 1. The van der Waals surface area contributed by atoms with Crippen LogP contribution in [-0.2, 0) is 19.6 Å². The van der Waals surface area contributed by atoms with Gasteiger partial charge in [0, 0.05) is 25.2 Å². The quantitative estimate of drug-likeness (QED) is 0.462. The van der Waals surface area contributed by atoms with Crippen molar-refractivity contribution in [1.29, 1.82) is 0 Å². The second-order valence-corrected chi connectivity index (χ2v) is 8.21. The molecule has 3 unspecified atom stereocenters. The van der Waals surface area contributed by atoms with E-state index < -0.39 is 21.2 Å². The highest BCUT2D eigenvalue weighted by Crippen LogP contribution is 2.34. The number of carbonyl (C=O) groups excluding carboxylic acids is 1. The molecular formula is C16H19N3O6S. The van der Waals surface area contributed by atoms with Crippen LogP contribution in [0.25, 0.3) is 0 Å². The molecule has 2 fully saturated rings. The maximum atomic E-state index is 12.8. The minimum atomic E-state index is -3.76. The summed E-state index contributed by atoms with van der Waals surface area (Å²) >= 11 is 0. The number of nitro benzene ring substituents is 1. The first kappa shape index (κ1) is 18.5. The molecule has 0 aliphatic carbocycles. The van der Waals surface area contributed by atoms with Gasteiger partial charge in [-0.2, -0.15) is 4.31 Å². The van der Waals surface area contributed by atoms with Gasteiger partial charge < -0.3 is 10.1 Å². The average Bonchev–Trinajstić information content (AvgIpc) is 3.02. The van der Waals surface area contributed by atoms with Crippen LogP contribution in [-0.4, -0.2) is 49.0 Å². The molecule has 1 N–H and O–H groups in total. The van der Waals surface area contributed by atoms with Gasteiger partial charge in [0.05, 0.1) is 15.9 Å². The van der Waals surface area contributed by atoms with E-state index in [1.807, 2.05) is 0 Å². The SMILES string of the molecule is C=CC(=O)NC1CC2CCN(S(=O)(=O)c3ccc([N+](=O)[O-])cc3)CC2O1. The smallest absolute Gasteiger partial charge is 0.269 e. The number of hydrogen-bond acceptors (Lipinski definition) is 6. The molecule has 0 aromatic heterocycles. The normalized spacial score (nSPS) is 26.1. The Morgan fingerprint density at radius 1 is 1.38 bits per heavy atom. The van der Waals surface area contributed by atoms with E-state index in [1.54, 1.807) is 0 Å². The zero-order valence-corrected chi connectivity index (χ0v) is 14.7. The van der Waals surface area contributed by atoms with Gasteiger partial charge in [-0.1, -0.05) is 6.58 Å². The van der Waals surface area contributed by atoms with Gasteiger partial charge in [0.1, 0.15) is 6.23 Å². The summed E-state index contributed by atoms with van der Waals surface area (Å²) in [5.74, 6) is -0.155. The molecule has 2 heterocycles. The Kier molecular flexibility index (Phi) is 5.08. The molecule has 2 saturated heterocycles. The van der Waals surface area contributed by atoms with Gasteiger partial charge in [-0.25, -0.2) is 8.42 Å². The van der Waals surface area contributed by atoms with Crippen LogP contribution < -0.4 is 5.32 Å². The maximum absolute atomic E-state index is 12.8. The number of benzene rings is 1. The number of sulfonamides is 1. The fraction of sp³-hybridized carbons (Fsp3) is 0.438. The van der Waals surface area contributed by atoms with Gasteiger partial charge in [-0.3, -0.25) is 14.9 Å². The van der Waals surface area contributed by atoms with E-state index in [9.17, 15) is 23.3 Å². The van der Waals surface area contributed by atoms with E-state index in [2.05, 4.69) is 11.9 Å². The lowest BCUT2D eigenvalue weighted by atomic mass is 9.94. The standard InChI is InChI=1S/C16H19N3O6S/c1-2-15(20)17-16-9-11-7-8-18(10-14(11)25-16)26(23,24)13-5-3-12(4-6-13)19(21)22/h2-6,11,14,16H,1,7-10H2,(H,17,20). The van der Waals surface area contributed by atoms with Crippen molar-refractivity contribution in [3.8, 4) is 0 Å². The molecule has 9 nitrogen and oxygen atoms in total. The minimum Gasteiger partial charge on any atom is -0.354 e. The highest BCUT2D eigenvalue weighted by atomic mass is 32.2. The first-order valence-corrected chi connectivity index (χ1v) is 9.58. The van der Waals surface area contributed by atoms with E-state index >= 15 is 0 Å². The lowest BCUT2D eigenvalue weighted by molar-refractivity contribution is -0.384. The Morgan fingerprint density at radius 2 is 2.08 bits per heavy atom. The van der Waals surface area contributed by atoms with Crippen molar-refractivity contribution in [1.82, 2.24) is 9.62 Å². The van der Waals surface area contributed by atoms with Crippen LogP contribution in [0, 0.1) is 16.0 Å². The molecule has 26 heavy (non-hydrogen) atoms. The maximum Gasteiger partial charge on any atom is 0.269 e. The molecule has 140 valence electrons. The number of amides is 1. The molecule has 1 amide bonds. The second-order valence-electron chi connectivity index (χ2n) is 6.27. The largest absolute Gasteiger partial charge is 0.354 e. The number of hydrogen-bond donors (Lipinski definition) is 1. The van der Waals surface area contributed by atoms with Gasteiger partial charge in [0.25, 0.3) is 5.69 Å². The van der Waals surface area contributed by atoms with Crippen molar-refractivity contribution in [2.75, 3.05) is 13.1 Å². The van der Waals surface area contributed by atoms with Crippen molar-refractivity contribution < 1.29 is 22.9 Å². The van der Waals surface area contributed by atoms with Crippen LogP contribution in [0.15, 0.2) is 41.8 Å². The summed E-state index contributed by atoms with van der Waals surface area (Å²) in [6, 6.07) is 4.82. The van der Waals surface area contributed by atoms with Crippen molar-refractivity contribution >= 4 is 21.6 Å². The Morgan fingerprint density at radius 3 is 2.69 bits per heavy atom. The first-order valence-electron chi connectivity index (χ1n) is 8.14. The average molecular weight is 381 g/mol. The third-order valence-corrected chi connectivity index (χ3v) is 6.57. The highest BCUT2D eigenvalue weighted by molar-refractivity contribution is 7.89. The lowest BCUT2D eigenvalue weighted by Crippen LogP contribution is -2.45. The third kappa shape index (κ3) is 3.62. The molecule has 10 heteroatoms. The number of nitrogens with one attached hydrogen (secondary N) is 1. The molecule has 1 aromatic carbocycles. The first-order chi connectivity index (χ1) is 12.3. The van der Waals surface area contributed by atoms with Crippen LogP contribution in [0.4, 0.5) is 5.69 Å². The summed E-state index contributed by atoms with van der Waals surface area (Å²) in [6.07, 6.45) is 1.67. The van der Waals surface area contributed by atoms with E-state index in [-0.39, 0.29) is 35.1 Å². The van der Waals surface area contributed by atoms with Crippen LogP contribution >= 0.6 is 0 Å². The zero-order valence-electron chi connectivity index (χ0n) is 13.9. The van der Waals surface area contributed by atoms with E-state index in [1.165, 1.54) is 28.6 Å². The number of carbonyl (C=O) groups is 1. The van der Waals surface area contributed by atoms with Crippen LogP contribution in [0.3, 0.4) is 0 Å². The van der Waals surface area contributed by atoms with E-state index in [4.69, 9.17) is 4.74 Å². The molecule has 2 aliphatic rings. The van der Waals surface area contributed by atoms with Crippen LogP contribution in [0.5, 0.6) is 0 Å². The fourth-order valence-corrected chi connectivity index (χ4v) is 4.79. The highest BCUT2D eigenvalue weighted by Gasteiger charge is 2.42. The van der Waals surface area contributed by atoms with Gasteiger partial charge in [0.15, 0.2) is 0 Å². The number of rotatable bonds is 5. The molecule has 0 spiro atoms. The van der Waals surface area contributed by atoms with Crippen LogP contribution in [0.1, 0.15) is 12.8 Å².